The van der Waals surface area contributed by atoms with E-state index in [2.05, 4.69) is 30.4 Å². The first-order valence-corrected chi connectivity index (χ1v) is 7.93. The van der Waals surface area contributed by atoms with Gasteiger partial charge in [-0.25, -0.2) is 4.68 Å². The summed E-state index contributed by atoms with van der Waals surface area (Å²) in [5.74, 6) is 0. The fourth-order valence-corrected chi connectivity index (χ4v) is 3.89. The molecule has 20 heavy (non-hydrogen) atoms. The quantitative estimate of drug-likeness (QED) is 0.714. The molecule has 1 aliphatic carbocycles. The van der Waals surface area contributed by atoms with E-state index in [1.54, 1.807) is 0 Å². The minimum Gasteiger partial charge on any atom is -0.241 e. The van der Waals surface area contributed by atoms with Crippen LogP contribution in [0, 0.1) is 5.41 Å². The van der Waals surface area contributed by atoms with E-state index in [-0.39, 0.29) is 10.8 Å². The molecule has 1 aromatic carbocycles. The summed E-state index contributed by atoms with van der Waals surface area (Å²) in [4.78, 5) is 0. The Bertz CT molecular complexity index is 555. The van der Waals surface area contributed by atoms with Gasteiger partial charge in [0.1, 0.15) is 0 Å². The zero-order valence-corrected chi connectivity index (χ0v) is 12.7. The zero-order valence-electron chi connectivity index (χ0n) is 11.9. The van der Waals surface area contributed by atoms with Crippen LogP contribution in [0.1, 0.15) is 50.0 Å². The van der Waals surface area contributed by atoms with Crippen LogP contribution in [0.15, 0.2) is 42.7 Å². The van der Waals surface area contributed by atoms with Gasteiger partial charge >= 0.3 is 0 Å². The van der Waals surface area contributed by atoms with Crippen molar-refractivity contribution < 1.29 is 0 Å². The standard InChI is InChI=1S/C17H21ClN2/c1-2-17(10-6-7-11-17)16(18)14-12-19-20(13-14)15-8-4-3-5-9-15/h3-5,8-9,12-13,16H,2,6-7,10-11H2,1H3. The molecule has 0 spiro atoms. The lowest BCUT2D eigenvalue weighted by Crippen LogP contribution is -2.21. The molecule has 1 aliphatic rings. The molecule has 0 aliphatic heterocycles. The number of benzene rings is 1. The molecule has 1 unspecified atom stereocenters. The second-order valence-corrected chi connectivity index (χ2v) is 6.28. The van der Waals surface area contributed by atoms with Gasteiger partial charge in [-0.1, -0.05) is 38.0 Å². The summed E-state index contributed by atoms with van der Waals surface area (Å²) in [7, 11) is 0. The molecule has 3 heteroatoms. The third kappa shape index (κ3) is 2.37. The molecule has 0 bridgehead atoms. The van der Waals surface area contributed by atoms with Crippen molar-refractivity contribution in [3.05, 3.63) is 48.3 Å². The van der Waals surface area contributed by atoms with Crippen LogP contribution < -0.4 is 0 Å². The van der Waals surface area contributed by atoms with Crippen LogP contribution in [0.4, 0.5) is 0 Å². The summed E-state index contributed by atoms with van der Waals surface area (Å²) >= 11 is 6.82. The third-order valence-corrected chi connectivity index (χ3v) is 5.47. The average Bonchev–Trinajstić information content (AvgIpc) is 3.17. The van der Waals surface area contributed by atoms with Gasteiger partial charge in [-0.15, -0.1) is 11.6 Å². The fourth-order valence-electron chi connectivity index (χ4n) is 3.41. The molecule has 1 saturated carbocycles. The lowest BCUT2D eigenvalue weighted by Gasteiger charge is -2.32. The van der Waals surface area contributed by atoms with Gasteiger partial charge < -0.3 is 0 Å². The Morgan fingerprint density at radius 3 is 2.60 bits per heavy atom. The van der Waals surface area contributed by atoms with Crippen molar-refractivity contribution in [1.82, 2.24) is 9.78 Å². The van der Waals surface area contributed by atoms with Crippen LogP contribution in [0.2, 0.25) is 0 Å². The molecule has 1 heterocycles. The number of halogens is 1. The van der Waals surface area contributed by atoms with E-state index in [1.807, 2.05) is 29.1 Å². The van der Waals surface area contributed by atoms with E-state index in [1.165, 1.54) is 25.7 Å². The Hall–Kier alpha value is -1.28. The monoisotopic (exact) mass is 288 g/mol. The van der Waals surface area contributed by atoms with Crippen molar-refractivity contribution in [2.75, 3.05) is 0 Å². The van der Waals surface area contributed by atoms with E-state index in [0.717, 1.165) is 17.7 Å². The van der Waals surface area contributed by atoms with E-state index in [0.29, 0.717) is 0 Å². The first-order valence-electron chi connectivity index (χ1n) is 7.49. The molecule has 0 saturated heterocycles. The summed E-state index contributed by atoms with van der Waals surface area (Å²) in [6.45, 7) is 2.27. The van der Waals surface area contributed by atoms with Crippen LogP contribution in [-0.4, -0.2) is 9.78 Å². The van der Waals surface area contributed by atoms with Gasteiger partial charge in [0.2, 0.25) is 0 Å². The Morgan fingerprint density at radius 1 is 1.25 bits per heavy atom. The topological polar surface area (TPSA) is 17.8 Å². The van der Waals surface area contributed by atoms with Crippen molar-refractivity contribution >= 4 is 11.6 Å². The Labute approximate surface area is 125 Å². The summed E-state index contributed by atoms with van der Waals surface area (Å²) < 4.78 is 1.92. The van der Waals surface area contributed by atoms with Crippen LogP contribution >= 0.6 is 11.6 Å². The lowest BCUT2D eigenvalue weighted by molar-refractivity contribution is 0.271. The normalized spacial score (nSPS) is 19.1. The number of para-hydroxylation sites is 1. The SMILES string of the molecule is CCC1(C(Cl)c2cnn(-c3ccccc3)c2)CCCC1. The largest absolute Gasteiger partial charge is 0.241 e. The fraction of sp³-hybridized carbons (Fsp3) is 0.471. The third-order valence-electron chi connectivity index (χ3n) is 4.76. The van der Waals surface area contributed by atoms with Gasteiger partial charge in [0, 0.05) is 11.8 Å². The molecular weight excluding hydrogens is 268 g/mol. The molecule has 0 radical (unpaired) electrons. The predicted molar refractivity (Wildman–Crippen MR) is 83.4 cm³/mol. The highest BCUT2D eigenvalue weighted by atomic mass is 35.5. The van der Waals surface area contributed by atoms with Gasteiger partial charge in [0.15, 0.2) is 0 Å². The van der Waals surface area contributed by atoms with E-state index < -0.39 is 0 Å². The number of rotatable bonds is 4. The number of aromatic nitrogens is 2. The molecule has 106 valence electrons. The van der Waals surface area contributed by atoms with Gasteiger partial charge in [0.25, 0.3) is 0 Å². The number of hydrogen-bond acceptors (Lipinski definition) is 1. The Morgan fingerprint density at radius 2 is 1.95 bits per heavy atom. The highest BCUT2D eigenvalue weighted by Crippen LogP contribution is 2.53. The smallest absolute Gasteiger partial charge is 0.0672 e. The van der Waals surface area contributed by atoms with Crippen molar-refractivity contribution in [2.24, 2.45) is 5.41 Å². The number of nitrogens with zero attached hydrogens (tertiary/aromatic N) is 2. The molecule has 2 nitrogen and oxygen atoms in total. The van der Waals surface area contributed by atoms with Crippen LogP contribution in [0.3, 0.4) is 0 Å². The molecule has 1 atom stereocenters. The van der Waals surface area contributed by atoms with Crippen molar-refractivity contribution in [3.63, 3.8) is 0 Å². The summed E-state index contributed by atoms with van der Waals surface area (Å²) in [6, 6.07) is 10.2. The first-order chi connectivity index (χ1) is 9.75. The number of hydrogen-bond donors (Lipinski definition) is 0. The highest BCUT2D eigenvalue weighted by Gasteiger charge is 2.40. The molecule has 3 rings (SSSR count). The average molecular weight is 289 g/mol. The minimum atomic E-state index is 0.0764. The maximum absolute atomic E-state index is 6.82. The van der Waals surface area contributed by atoms with Crippen LogP contribution in [-0.2, 0) is 0 Å². The zero-order chi connectivity index (χ0) is 14.0. The highest BCUT2D eigenvalue weighted by molar-refractivity contribution is 6.21. The van der Waals surface area contributed by atoms with Gasteiger partial charge in [-0.3, -0.25) is 0 Å². The van der Waals surface area contributed by atoms with Crippen LogP contribution in [0.25, 0.3) is 5.69 Å². The van der Waals surface area contributed by atoms with Gasteiger partial charge in [-0.05, 0) is 36.8 Å². The molecule has 0 N–H and O–H groups in total. The first kappa shape index (κ1) is 13.7. The molecule has 1 fully saturated rings. The second kappa shape index (κ2) is 5.61. The summed E-state index contributed by atoms with van der Waals surface area (Å²) in [5, 5.41) is 4.55. The molecule has 1 aromatic heterocycles. The van der Waals surface area contributed by atoms with E-state index in [9.17, 15) is 0 Å². The van der Waals surface area contributed by atoms with Gasteiger partial charge in [-0.2, -0.15) is 5.10 Å². The minimum absolute atomic E-state index is 0.0764. The second-order valence-electron chi connectivity index (χ2n) is 5.84. The molecular formula is C17H21ClN2. The van der Waals surface area contributed by atoms with Gasteiger partial charge in [0.05, 0.1) is 17.3 Å². The van der Waals surface area contributed by atoms with E-state index >= 15 is 0 Å². The van der Waals surface area contributed by atoms with Crippen molar-refractivity contribution in [3.8, 4) is 5.69 Å². The lowest BCUT2D eigenvalue weighted by atomic mass is 9.78. The predicted octanol–water partition coefficient (Wildman–Crippen LogP) is 5.12. The Balaban J connectivity index is 1.86. The Kier molecular flexibility index (Phi) is 3.84. The van der Waals surface area contributed by atoms with E-state index in [4.69, 9.17) is 11.6 Å². The molecule has 0 amide bonds. The van der Waals surface area contributed by atoms with Crippen molar-refractivity contribution in [2.45, 2.75) is 44.4 Å². The summed E-state index contributed by atoms with van der Waals surface area (Å²) in [5.41, 5.74) is 2.50. The van der Waals surface area contributed by atoms with Crippen LogP contribution in [0.5, 0.6) is 0 Å². The van der Waals surface area contributed by atoms with Crippen molar-refractivity contribution in [1.29, 1.82) is 0 Å². The maximum atomic E-state index is 6.82. The maximum Gasteiger partial charge on any atom is 0.0672 e. The molecule has 2 aromatic rings. The number of alkyl halides is 1. The summed E-state index contributed by atoms with van der Waals surface area (Å²) in [6.07, 6.45) is 10.3.